The van der Waals surface area contributed by atoms with Crippen LogP contribution in [0.3, 0.4) is 0 Å². The van der Waals surface area contributed by atoms with Crippen molar-refractivity contribution in [2.24, 2.45) is 0 Å². The predicted molar refractivity (Wildman–Crippen MR) is 69.4 cm³/mol. The van der Waals surface area contributed by atoms with Crippen molar-refractivity contribution in [1.82, 2.24) is 15.3 Å². The molecule has 1 N–H and O–H groups in total. The Kier molecular flexibility index (Phi) is 2.95. The van der Waals surface area contributed by atoms with Crippen LogP contribution in [-0.2, 0) is 0 Å². The molecule has 0 unspecified atom stereocenters. The van der Waals surface area contributed by atoms with Crippen molar-refractivity contribution in [3.05, 3.63) is 35.2 Å². The Balaban J connectivity index is 2.11. The van der Waals surface area contributed by atoms with E-state index < -0.39 is 0 Å². The smallest absolute Gasteiger partial charge is 0.116 e. The van der Waals surface area contributed by atoms with Crippen LogP contribution in [-0.4, -0.2) is 23.1 Å². The lowest BCUT2D eigenvalue weighted by atomic mass is 9.92. The Labute approximate surface area is 105 Å². The van der Waals surface area contributed by atoms with Crippen molar-refractivity contribution >= 4 is 22.5 Å². The minimum absolute atomic E-state index is 0.528. The monoisotopic (exact) mass is 247 g/mol. The largest absolute Gasteiger partial charge is 0.317 e. The average molecular weight is 248 g/mol. The summed E-state index contributed by atoms with van der Waals surface area (Å²) < 4.78 is 0. The highest BCUT2D eigenvalue weighted by molar-refractivity contribution is 6.31. The second kappa shape index (κ2) is 4.59. The number of hydrogen-bond donors (Lipinski definition) is 1. The van der Waals surface area contributed by atoms with Gasteiger partial charge >= 0.3 is 0 Å². The van der Waals surface area contributed by atoms with Gasteiger partial charge in [-0.05, 0) is 44.1 Å². The van der Waals surface area contributed by atoms with E-state index in [4.69, 9.17) is 11.6 Å². The fraction of sp³-hybridized carbons (Fsp3) is 0.385. The summed E-state index contributed by atoms with van der Waals surface area (Å²) >= 11 is 6.06. The first-order valence-corrected chi connectivity index (χ1v) is 6.33. The molecule has 0 atom stereocenters. The second-order valence-electron chi connectivity index (χ2n) is 4.44. The fourth-order valence-corrected chi connectivity index (χ4v) is 2.64. The molecule has 3 nitrogen and oxygen atoms in total. The Morgan fingerprint density at radius 3 is 2.82 bits per heavy atom. The molecular weight excluding hydrogens is 234 g/mol. The predicted octanol–water partition coefficient (Wildman–Crippen LogP) is 2.75. The molecule has 2 heterocycles. The lowest BCUT2D eigenvalue weighted by Gasteiger charge is -2.22. The lowest BCUT2D eigenvalue weighted by Crippen LogP contribution is -2.27. The lowest BCUT2D eigenvalue weighted by molar-refractivity contribution is 0.455. The summed E-state index contributed by atoms with van der Waals surface area (Å²) in [7, 11) is 0. The SMILES string of the molecule is Clc1ccc2ncnc(C3CCNCC3)c2c1. The summed E-state index contributed by atoms with van der Waals surface area (Å²) in [5.74, 6) is 0.528. The van der Waals surface area contributed by atoms with Gasteiger partial charge in [0.1, 0.15) is 6.33 Å². The van der Waals surface area contributed by atoms with E-state index in [9.17, 15) is 0 Å². The third-order valence-electron chi connectivity index (χ3n) is 3.35. The normalized spacial score (nSPS) is 17.5. The molecule has 0 spiro atoms. The van der Waals surface area contributed by atoms with Crippen LogP contribution in [0.15, 0.2) is 24.5 Å². The number of rotatable bonds is 1. The maximum absolute atomic E-state index is 6.06. The second-order valence-corrected chi connectivity index (χ2v) is 4.88. The Morgan fingerprint density at radius 2 is 2.00 bits per heavy atom. The van der Waals surface area contributed by atoms with Gasteiger partial charge in [-0.2, -0.15) is 0 Å². The van der Waals surface area contributed by atoms with E-state index in [0.717, 1.165) is 47.6 Å². The highest BCUT2D eigenvalue weighted by Crippen LogP contribution is 2.30. The van der Waals surface area contributed by atoms with Crippen LogP contribution in [0.2, 0.25) is 5.02 Å². The van der Waals surface area contributed by atoms with Gasteiger partial charge in [0, 0.05) is 16.3 Å². The number of halogens is 1. The quantitative estimate of drug-likeness (QED) is 0.842. The van der Waals surface area contributed by atoms with Crippen LogP contribution in [0.5, 0.6) is 0 Å². The van der Waals surface area contributed by atoms with Gasteiger partial charge in [-0.25, -0.2) is 9.97 Å². The summed E-state index contributed by atoms with van der Waals surface area (Å²) in [4.78, 5) is 8.77. The molecule has 1 fully saturated rings. The molecule has 0 bridgehead atoms. The van der Waals surface area contributed by atoms with Gasteiger partial charge in [0.05, 0.1) is 11.2 Å². The minimum atomic E-state index is 0.528. The summed E-state index contributed by atoms with van der Waals surface area (Å²) in [6.45, 7) is 2.13. The summed E-state index contributed by atoms with van der Waals surface area (Å²) in [6, 6.07) is 5.82. The molecule has 1 aromatic carbocycles. The molecule has 0 aliphatic carbocycles. The molecule has 1 aliphatic heterocycles. The fourth-order valence-electron chi connectivity index (χ4n) is 2.47. The molecule has 4 heteroatoms. The van der Waals surface area contributed by atoms with E-state index in [1.807, 2.05) is 18.2 Å². The van der Waals surface area contributed by atoms with Crippen molar-refractivity contribution in [3.8, 4) is 0 Å². The number of nitrogens with zero attached hydrogens (tertiary/aromatic N) is 2. The number of benzene rings is 1. The molecular formula is C13H14ClN3. The van der Waals surface area contributed by atoms with E-state index in [-0.39, 0.29) is 0 Å². The van der Waals surface area contributed by atoms with Crippen LogP contribution in [0, 0.1) is 0 Å². The van der Waals surface area contributed by atoms with Gasteiger partial charge in [0.15, 0.2) is 0 Å². The van der Waals surface area contributed by atoms with Gasteiger partial charge < -0.3 is 5.32 Å². The van der Waals surface area contributed by atoms with Crippen molar-refractivity contribution < 1.29 is 0 Å². The molecule has 3 rings (SSSR count). The van der Waals surface area contributed by atoms with E-state index in [1.54, 1.807) is 6.33 Å². The van der Waals surface area contributed by atoms with Crippen molar-refractivity contribution in [1.29, 1.82) is 0 Å². The zero-order chi connectivity index (χ0) is 11.7. The van der Waals surface area contributed by atoms with E-state index in [2.05, 4.69) is 15.3 Å². The van der Waals surface area contributed by atoms with Gasteiger partial charge in [-0.3, -0.25) is 0 Å². The number of nitrogens with one attached hydrogen (secondary N) is 1. The Morgan fingerprint density at radius 1 is 1.18 bits per heavy atom. The van der Waals surface area contributed by atoms with Crippen molar-refractivity contribution in [2.45, 2.75) is 18.8 Å². The third-order valence-corrected chi connectivity index (χ3v) is 3.59. The molecule has 1 saturated heterocycles. The number of aromatic nitrogens is 2. The molecule has 0 radical (unpaired) electrons. The third kappa shape index (κ3) is 2.13. The molecule has 88 valence electrons. The van der Waals surface area contributed by atoms with Crippen molar-refractivity contribution in [3.63, 3.8) is 0 Å². The van der Waals surface area contributed by atoms with Gasteiger partial charge in [-0.15, -0.1) is 0 Å². The Bertz CT molecular complexity index is 535. The van der Waals surface area contributed by atoms with Crippen LogP contribution in [0.25, 0.3) is 10.9 Å². The first-order chi connectivity index (χ1) is 8.34. The van der Waals surface area contributed by atoms with E-state index in [0.29, 0.717) is 5.92 Å². The number of fused-ring (bicyclic) bond motifs is 1. The molecule has 0 saturated carbocycles. The maximum atomic E-state index is 6.06. The zero-order valence-electron chi connectivity index (χ0n) is 9.49. The van der Waals surface area contributed by atoms with Gasteiger partial charge in [0.2, 0.25) is 0 Å². The van der Waals surface area contributed by atoms with Crippen LogP contribution in [0.1, 0.15) is 24.5 Å². The molecule has 17 heavy (non-hydrogen) atoms. The topological polar surface area (TPSA) is 37.8 Å². The first kappa shape index (κ1) is 10.9. The summed E-state index contributed by atoms with van der Waals surface area (Å²) in [6.07, 6.45) is 3.94. The van der Waals surface area contributed by atoms with Crippen LogP contribution >= 0.6 is 11.6 Å². The minimum Gasteiger partial charge on any atom is -0.317 e. The highest BCUT2D eigenvalue weighted by atomic mass is 35.5. The Hall–Kier alpha value is -1.19. The van der Waals surface area contributed by atoms with Crippen LogP contribution in [0.4, 0.5) is 0 Å². The molecule has 0 amide bonds. The maximum Gasteiger partial charge on any atom is 0.116 e. The van der Waals surface area contributed by atoms with Gasteiger partial charge in [0.25, 0.3) is 0 Å². The first-order valence-electron chi connectivity index (χ1n) is 5.95. The molecule has 2 aromatic rings. The number of piperidine rings is 1. The number of hydrogen-bond acceptors (Lipinski definition) is 3. The van der Waals surface area contributed by atoms with E-state index in [1.165, 1.54) is 0 Å². The highest BCUT2D eigenvalue weighted by Gasteiger charge is 2.19. The molecule has 1 aromatic heterocycles. The average Bonchev–Trinajstić information content (AvgIpc) is 2.39. The van der Waals surface area contributed by atoms with Crippen LogP contribution < -0.4 is 5.32 Å². The van der Waals surface area contributed by atoms with E-state index >= 15 is 0 Å². The van der Waals surface area contributed by atoms with Gasteiger partial charge in [-0.1, -0.05) is 11.6 Å². The summed E-state index contributed by atoms with van der Waals surface area (Å²) in [5, 5.41) is 5.23. The van der Waals surface area contributed by atoms with Crippen molar-refractivity contribution in [2.75, 3.05) is 13.1 Å². The molecule has 1 aliphatic rings. The summed E-state index contributed by atoms with van der Waals surface area (Å²) in [5.41, 5.74) is 2.14. The standard InChI is InChI=1S/C13H14ClN3/c14-10-1-2-12-11(7-10)13(17-8-16-12)9-3-5-15-6-4-9/h1-2,7-9,15H,3-6H2. The zero-order valence-corrected chi connectivity index (χ0v) is 10.2.